The Balaban J connectivity index is 1.92. The lowest BCUT2D eigenvalue weighted by Crippen LogP contribution is -2.43. The number of amides is 1. The van der Waals surface area contributed by atoms with E-state index in [4.69, 9.17) is 5.73 Å². The van der Waals surface area contributed by atoms with Crippen LogP contribution < -0.4 is 11.1 Å². The minimum Gasteiger partial charge on any atom is -0.337 e. The average Bonchev–Trinajstić information content (AvgIpc) is 2.42. The standard InChI is InChI=1S/C15H15FN2O/c16-13-8-6-11(7-9-13)10-14(17)18-15(19)12-4-2-1-3-5-12/h1-9,14H,10,17H2,(H,18,19). The Morgan fingerprint density at radius 1 is 1.11 bits per heavy atom. The second-order valence-corrected chi connectivity index (χ2v) is 4.28. The Morgan fingerprint density at radius 3 is 2.37 bits per heavy atom. The van der Waals surface area contributed by atoms with Crippen LogP contribution in [0.5, 0.6) is 0 Å². The van der Waals surface area contributed by atoms with E-state index in [1.807, 2.05) is 6.07 Å². The maximum atomic E-state index is 12.8. The van der Waals surface area contributed by atoms with Gasteiger partial charge >= 0.3 is 0 Å². The van der Waals surface area contributed by atoms with E-state index in [-0.39, 0.29) is 11.7 Å². The van der Waals surface area contributed by atoms with Crippen LogP contribution in [0.1, 0.15) is 15.9 Å². The van der Waals surface area contributed by atoms with Gasteiger partial charge in [0.2, 0.25) is 0 Å². The lowest BCUT2D eigenvalue weighted by molar-refractivity contribution is 0.0938. The van der Waals surface area contributed by atoms with Gasteiger partial charge in [-0.2, -0.15) is 0 Å². The molecule has 19 heavy (non-hydrogen) atoms. The Kier molecular flexibility index (Phi) is 4.26. The summed E-state index contributed by atoms with van der Waals surface area (Å²) in [6, 6.07) is 14.9. The summed E-state index contributed by atoms with van der Waals surface area (Å²) in [4.78, 5) is 11.8. The molecule has 2 aromatic carbocycles. The molecule has 98 valence electrons. The lowest BCUT2D eigenvalue weighted by atomic mass is 10.1. The molecule has 0 aliphatic carbocycles. The highest BCUT2D eigenvalue weighted by Crippen LogP contribution is 2.05. The van der Waals surface area contributed by atoms with Crippen LogP contribution in [0.15, 0.2) is 54.6 Å². The molecule has 0 aliphatic heterocycles. The zero-order chi connectivity index (χ0) is 13.7. The molecule has 0 aliphatic rings. The number of nitrogens with one attached hydrogen (secondary N) is 1. The van der Waals surface area contributed by atoms with Crippen LogP contribution in [0.25, 0.3) is 0 Å². The molecule has 0 saturated heterocycles. The summed E-state index contributed by atoms with van der Waals surface area (Å²) in [5, 5.41) is 2.70. The summed E-state index contributed by atoms with van der Waals surface area (Å²) in [6.07, 6.45) is -0.0445. The molecule has 0 heterocycles. The highest BCUT2D eigenvalue weighted by Gasteiger charge is 2.10. The molecule has 2 aromatic rings. The van der Waals surface area contributed by atoms with Gasteiger partial charge < -0.3 is 11.1 Å². The molecule has 0 saturated carbocycles. The summed E-state index contributed by atoms with van der Waals surface area (Å²) >= 11 is 0. The van der Waals surface area contributed by atoms with E-state index in [0.717, 1.165) is 5.56 Å². The number of rotatable bonds is 4. The van der Waals surface area contributed by atoms with E-state index in [9.17, 15) is 9.18 Å². The second kappa shape index (κ2) is 6.11. The highest BCUT2D eigenvalue weighted by atomic mass is 19.1. The molecular weight excluding hydrogens is 243 g/mol. The summed E-state index contributed by atoms with van der Waals surface area (Å²) in [6.45, 7) is 0. The fourth-order valence-electron chi connectivity index (χ4n) is 1.77. The molecule has 3 N–H and O–H groups in total. The maximum absolute atomic E-state index is 12.8. The van der Waals surface area contributed by atoms with Crippen molar-refractivity contribution < 1.29 is 9.18 Å². The molecule has 0 spiro atoms. The van der Waals surface area contributed by atoms with Crippen molar-refractivity contribution in [2.45, 2.75) is 12.6 Å². The third-order valence-corrected chi connectivity index (χ3v) is 2.72. The SMILES string of the molecule is NC(Cc1ccc(F)cc1)NC(=O)c1ccccc1. The van der Waals surface area contributed by atoms with Crippen LogP contribution in [0.4, 0.5) is 4.39 Å². The van der Waals surface area contributed by atoms with Crippen molar-refractivity contribution in [2.24, 2.45) is 5.73 Å². The molecule has 0 bridgehead atoms. The van der Waals surface area contributed by atoms with Crippen LogP contribution in [0, 0.1) is 5.82 Å². The molecule has 1 amide bonds. The van der Waals surface area contributed by atoms with Crippen LogP contribution in [-0.2, 0) is 6.42 Å². The van der Waals surface area contributed by atoms with Crippen molar-refractivity contribution in [3.63, 3.8) is 0 Å². The van der Waals surface area contributed by atoms with Gasteiger partial charge in [0.1, 0.15) is 5.82 Å². The number of hydrogen-bond donors (Lipinski definition) is 2. The normalized spacial score (nSPS) is 11.9. The minimum absolute atomic E-state index is 0.213. The number of carbonyl (C=O) groups is 1. The van der Waals surface area contributed by atoms with E-state index in [2.05, 4.69) is 5.32 Å². The van der Waals surface area contributed by atoms with E-state index in [0.29, 0.717) is 12.0 Å². The topological polar surface area (TPSA) is 55.1 Å². The predicted molar refractivity (Wildman–Crippen MR) is 72.0 cm³/mol. The molecular formula is C15H15FN2O. The first kappa shape index (κ1) is 13.2. The van der Waals surface area contributed by atoms with Gasteiger partial charge in [0.05, 0.1) is 6.17 Å². The summed E-state index contributed by atoms with van der Waals surface area (Å²) in [5.74, 6) is -0.499. The van der Waals surface area contributed by atoms with Crippen molar-refractivity contribution >= 4 is 5.91 Å². The monoisotopic (exact) mass is 258 g/mol. The molecule has 2 rings (SSSR count). The number of halogens is 1. The van der Waals surface area contributed by atoms with Crippen molar-refractivity contribution in [1.29, 1.82) is 0 Å². The summed E-state index contributed by atoms with van der Waals surface area (Å²) < 4.78 is 12.8. The maximum Gasteiger partial charge on any atom is 0.252 e. The van der Waals surface area contributed by atoms with Gasteiger partial charge in [0.15, 0.2) is 0 Å². The Labute approximate surface area is 111 Å². The van der Waals surface area contributed by atoms with Gasteiger partial charge in [-0.25, -0.2) is 4.39 Å². The van der Waals surface area contributed by atoms with Crippen molar-refractivity contribution in [3.8, 4) is 0 Å². The summed E-state index contributed by atoms with van der Waals surface area (Å²) in [5.41, 5.74) is 7.30. The zero-order valence-electron chi connectivity index (χ0n) is 10.3. The number of nitrogens with two attached hydrogens (primary N) is 1. The van der Waals surface area contributed by atoms with E-state index < -0.39 is 6.17 Å². The smallest absolute Gasteiger partial charge is 0.252 e. The number of carbonyl (C=O) groups excluding carboxylic acids is 1. The lowest BCUT2D eigenvalue weighted by Gasteiger charge is -2.14. The van der Waals surface area contributed by atoms with Gasteiger partial charge in [-0.05, 0) is 29.8 Å². The van der Waals surface area contributed by atoms with Crippen molar-refractivity contribution in [3.05, 3.63) is 71.5 Å². The predicted octanol–water partition coefficient (Wildman–Crippen LogP) is 2.08. The number of benzene rings is 2. The van der Waals surface area contributed by atoms with Crippen LogP contribution in [0.2, 0.25) is 0 Å². The van der Waals surface area contributed by atoms with E-state index >= 15 is 0 Å². The van der Waals surface area contributed by atoms with Gasteiger partial charge in [0, 0.05) is 12.0 Å². The van der Waals surface area contributed by atoms with Crippen molar-refractivity contribution in [2.75, 3.05) is 0 Å². The van der Waals surface area contributed by atoms with E-state index in [1.54, 1.807) is 36.4 Å². The summed E-state index contributed by atoms with van der Waals surface area (Å²) in [7, 11) is 0. The van der Waals surface area contributed by atoms with Gasteiger partial charge in [-0.15, -0.1) is 0 Å². The second-order valence-electron chi connectivity index (χ2n) is 4.28. The Bertz CT molecular complexity index is 540. The van der Waals surface area contributed by atoms with Gasteiger partial charge in [0.25, 0.3) is 5.91 Å². The van der Waals surface area contributed by atoms with Gasteiger partial charge in [-0.3, -0.25) is 4.79 Å². The quantitative estimate of drug-likeness (QED) is 0.825. The van der Waals surface area contributed by atoms with Crippen LogP contribution >= 0.6 is 0 Å². The Hall–Kier alpha value is -2.20. The fourth-order valence-corrected chi connectivity index (χ4v) is 1.77. The largest absolute Gasteiger partial charge is 0.337 e. The molecule has 0 fully saturated rings. The molecule has 3 nitrogen and oxygen atoms in total. The Morgan fingerprint density at radius 2 is 1.74 bits per heavy atom. The molecule has 0 radical (unpaired) electrons. The fraction of sp³-hybridized carbons (Fsp3) is 0.133. The molecule has 4 heteroatoms. The average molecular weight is 258 g/mol. The molecule has 1 atom stereocenters. The van der Waals surface area contributed by atoms with Crippen molar-refractivity contribution in [1.82, 2.24) is 5.32 Å². The third-order valence-electron chi connectivity index (χ3n) is 2.72. The third kappa shape index (κ3) is 3.89. The van der Waals surface area contributed by atoms with Gasteiger partial charge in [-0.1, -0.05) is 30.3 Å². The first-order valence-electron chi connectivity index (χ1n) is 6.01. The van der Waals surface area contributed by atoms with E-state index in [1.165, 1.54) is 12.1 Å². The first-order valence-corrected chi connectivity index (χ1v) is 6.01. The first-order chi connectivity index (χ1) is 9.15. The van der Waals surface area contributed by atoms with Crippen LogP contribution in [0.3, 0.4) is 0 Å². The zero-order valence-corrected chi connectivity index (χ0v) is 10.3. The minimum atomic E-state index is -0.502. The molecule has 0 aromatic heterocycles. The van der Waals surface area contributed by atoms with Crippen LogP contribution in [-0.4, -0.2) is 12.1 Å². The highest BCUT2D eigenvalue weighted by molar-refractivity contribution is 5.94. The molecule has 1 unspecified atom stereocenters. The number of hydrogen-bond acceptors (Lipinski definition) is 2.